The van der Waals surface area contributed by atoms with E-state index < -0.39 is 8.32 Å². The van der Waals surface area contributed by atoms with Crippen LogP contribution in [0.4, 0.5) is 0 Å². The van der Waals surface area contributed by atoms with Crippen LogP contribution >= 0.6 is 0 Å². The molecule has 0 saturated carbocycles. The molecule has 0 N–H and O–H groups in total. The van der Waals surface area contributed by atoms with Gasteiger partial charge in [0.15, 0.2) is 8.32 Å². The van der Waals surface area contributed by atoms with Crippen molar-refractivity contribution >= 4 is 20.4 Å². The van der Waals surface area contributed by atoms with Crippen LogP contribution in [0, 0.1) is 0 Å². The van der Waals surface area contributed by atoms with Crippen LogP contribution in [0.2, 0.25) is 18.1 Å². The maximum atomic E-state index is 11.9. The molecule has 1 aromatic rings. The average molecular weight is 321 g/mol. The molecule has 0 aliphatic heterocycles. The lowest BCUT2D eigenvalue weighted by atomic mass is 10.1. The average Bonchev–Trinajstić information content (AvgIpc) is 2.45. The van der Waals surface area contributed by atoms with Gasteiger partial charge in [0, 0.05) is 18.6 Å². The molecule has 0 aliphatic rings. The molecule has 1 rings (SSSR count). The number of hydrogen-bond donors (Lipinski definition) is 0. The minimum atomic E-state index is -1.79. The molecule has 0 heterocycles. The van der Waals surface area contributed by atoms with Gasteiger partial charge in [0.05, 0.1) is 7.11 Å². The highest BCUT2D eigenvalue weighted by molar-refractivity contribution is 6.74. The van der Waals surface area contributed by atoms with E-state index in [4.69, 9.17) is 9.16 Å². The van der Waals surface area contributed by atoms with Crippen molar-refractivity contribution in [2.75, 3.05) is 13.7 Å². The van der Waals surface area contributed by atoms with Crippen molar-refractivity contribution < 1.29 is 14.0 Å². The van der Waals surface area contributed by atoms with E-state index in [0.29, 0.717) is 18.6 Å². The Morgan fingerprint density at radius 3 is 2.27 bits per heavy atom. The molecule has 0 spiro atoms. The Labute approximate surface area is 135 Å². The molecule has 0 saturated heterocycles. The van der Waals surface area contributed by atoms with Crippen molar-refractivity contribution in [3.63, 3.8) is 0 Å². The van der Waals surface area contributed by atoms with Crippen LogP contribution in [-0.4, -0.2) is 28.0 Å². The van der Waals surface area contributed by atoms with Gasteiger partial charge in [0.25, 0.3) is 0 Å². The van der Waals surface area contributed by atoms with E-state index in [1.807, 2.05) is 36.4 Å². The quantitative estimate of drug-likeness (QED) is 0.434. The first kappa shape index (κ1) is 18.7. The van der Waals surface area contributed by atoms with Crippen LogP contribution in [0.15, 0.2) is 35.9 Å². The standard InChI is InChI=1S/C18H28O3Si/c1-18(2,3)22(5,6)21-13-12-16(17(19)20-4)14-15-10-8-7-9-11-15/h7-11,14H,12-13H2,1-6H3/b16-14-. The second-order valence-electron chi connectivity index (χ2n) is 6.93. The number of methoxy groups -OCH3 is 1. The van der Waals surface area contributed by atoms with Crippen LogP contribution in [0.1, 0.15) is 32.8 Å². The van der Waals surface area contributed by atoms with Crippen LogP contribution in [0.5, 0.6) is 0 Å². The summed E-state index contributed by atoms with van der Waals surface area (Å²) in [6, 6.07) is 9.80. The molecule has 1 aromatic carbocycles. The van der Waals surface area contributed by atoms with E-state index in [-0.39, 0.29) is 11.0 Å². The fourth-order valence-electron chi connectivity index (χ4n) is 1.75. The molecular weight excluding hydrogens is 292 g/mol. The Hall–Kier alpha value is -1.39. The summed E-state index contributed by atoms with van der Waals surface area (Å²) in [6.07, 6.45) is 2.44. The third-order valence-corrected chi connectivity index (χ3v) is 8.77. The third-order valence-electron chi connectivity index (χ3n) is 4.23. The van der Waals surface area contributed by atoms with E-state index in [1.165, 1.54) is 7.11 Å². The van der Waals surface area contributed by atoms with Crippen molar-refractivity contribution in [3.8, 4) is 0 Å². The summed E-state index contributed by atoms with van der Waals surface area (Å²) in [7, 11) is -0.376. The normalized spacial score (nSPS) is 13.1. The first-order valence-corrected chi connectivity index (χ1v) is 10.6. The van der Waals surface area contributed by atoms with Gasteiger partial charge in [0.1, 0.15) is 0 Å². The van der Waals surface area contributed by atoms with E-state index in [1.54, 1.807) is 0 Å². The van der Waals surface area contributed by atoms with Crippen molar-refractivity contribution in [1.29, 1.82) is 0 Å². The van der Waals surface area contributed by atoms with Gasteiger partial charge in [-0.1, -0.05) is 51.1 Å². The van der Waals surface area contributed by atoms with E-state index in [2.05, 4.69) is 33.9 Å². The zero-order valence-corrected chi connectivity index (χ0v) is 15.6. The second kappa shape index (κ2) is 7.74. The van der Waals surface area contributed by atoms with Crippen LogP contribution < -0.4 is 0 Å². The maximum Gasteiger partial charge on any atom is 0.333 e. The Morgan fingerprint density at radius 1 is 1.18 bits per heavy atom. The molecule has 3 nitrogen and oxygen atoms in total. The van der Waals surface area contributed by atoms with Gasteiger partial charge >= 0.3 is 5.97 Å². The molecule has 0 unspecified atom stereocenters. The molecule has 0 radical (unpaired) electrons. The van der Waals surface area contributed by atoms with Crippen molar-refractivity contribution in [3.05, 3.63) is 41.5 Å². The summed E-state index contributed by atoms with van der Waals surface area (Å²) in [4.78, 5) is 11.9. The first-order valence-electron chi connectivity index (χ1n) is 7.65. The molecule has 0 fully saturated rings. The van der Waals surface area contributed by atoms with Gasteiger partial charge in [-0.25, -0.2) is 4.79 Å². The van der Waals surface area contributed by atoms with Gasteiger partial charge in [-0.05, 0) is 29.8 Å². The lowest BCUT2D eigenvalue weighted by Crippen LogP contribution is -2.41. The Balaban J connectivity index is 2.76. The summed E-state index contributed by atoms with van der Waals surface area (Å²) in [6.45, 7) is 11.6. The SMILES string of the molecule is COC(=O)/C(=C\c1ccccc1)CCO[Si](C)(C)C(C)(C)C. The Morgan fingerprint density at radius 2 is 1.77 bits per heavy atom. The van der Waals surface area contributed by atoms with E-state index in [0.717, 1.165) is 5.56 Å². The van der Waals surface area contributed by atoms with Crippen LogP contribution in [0.3, 0.4) is 0 Å². The summed E-state index contributed by atoms with van der Waals surface area (Å²) in [5.74, 6) is -0.289. The van der Waals surface area contributed by atoms with E-state index >= 15 is 0 Å². The number of benzene rings is 1. The monoisotopic (exact) mass is 320 g/mol. The minimum Gasteiger partial charge on any atom is -0.466 e. The zero-order valence-electron chi connectivity index (χ0n) is 14.6. The molecule has 0 atom stereocenters. The zero-order chi connectivity index (χ0) is 16.8. The summed E-state index contributed by atoms with van der Waals surface area (Å²) < 4.78 is 11.0. The lowest BCUT2D eigenvalue weighted by molar-refractivity contribution is -0.136. The first-order chi connectivity index (χ1) is 10.2. The largest absolute Gasteiger partial charge is 0.466 e. The molecular formula is C18H28O3Si. The fourth-order valence-corrected chi connectivity index (χ4v) is 2.79. The molecule has 122 valence electrons. The van der Waals surface area contributed by atoms with Gasteiger partial charge < -0.3 is 9.16 Å². The van der Waals surface area contributed by atoms with Crippen molar-refractivity contribution in [2.45, 2.75) is 45.3 Å². The number of carbonyl (C=O) groups is 1. The molecule has 22 heavy (non-hydrogen) atoms. The minimum absolute atomic E-state index is 0.168. The molecule has 0 bridgehead atoms. The van der Waals surface area contributed by atoms with Gasteiger partial charge in [-0.2, -0.15) is 0 Å². The molecule has 0 aromatic heterocycles. The molecule has 0 amide bonds. The number of hydrogen-bond acceptors (Lipinski definition) is 3. The molecule has 4 heteroatoms. The Kier molecular flexibility index (Phi) is 6.57. The summed E-state index contributed by atoms with van der Waals surface area (Å²) in [5.41, 5.74) is 1.64. The maximum absolute atomic E-state index is 11.9. The fraction of sp³-hybridized carbons (Fsp3) is 0.500. The highest BCUT2D eigenvalue weighted by Gasteiger charge is 2.37. The number of rotatable bonds is 6. The van der Waals surface area contributed by atoms with Gasteiger partial charge in [-0.3, -0.25) is 0 Å². The Bertz CT molecular complexity index is 513. The highest BCUT2D eigenvalue weighted by atomic mass is 28.4. The lowest BCUT2D eigenvalue weighted by Gasteiger charge is -2.36. The second-order valence-corrected chi connectivity index (χ2v) is 11.7. The summed E-state index contributed by atoms with van der Waals surface area (Å²) in [5, 5.41) is 0.168. The van der Waals surface area contributed by atoms with Gasteiger partial charge in [-0.15, -0.1) is 0 Å². The molecule has 0 aliphatic carbocycles. The van der Waals surface area contributed by atoms with E-state index in [9.17, 15) is 4.79 Å². The number of esters is 1. The number of carbonyl (C=O) groups excluding carboxylic acids is 1. The van der Waals surface area contributed by atoms with Crippen molar-refractivity contribution in [2.24, 2.45) is 0 Å². The predicted molar refractivity (Wildman–Crippen MR) is 94.2 cm³/mol. The van der Waals surface area contributed by atoms with Crippen molar-refractivity contribution in [1.82, 2.24) is 0 Å². The van der Waals surface area contributed by atoms with Crippen LogP contribution in [0.25, 0.3) is 6.08 Å². The number of ether oxygens (including phenoxy) is 1. The highest BCUT2D eigenvalue weighted by Crippen LogP contribution is 2.36. The summed E-state index contributed by atoms with van der Waals surface area (Å²) >= 11 is 0. The van der Waals surface area contributed by atoms with Gasteiger partial charge in [0.2, 0.25) is 0 Å². The predicted octanol–water partition coefficient (Wildman–Crippen LogP) is 4.65. The van der Waals surface area contributed by atoms with Crippen LogP contribution in [-0.2, 0) is 14.0 Å². The topological polar surface area (TPSA) is 35.5 Å². The smallest absolute Gasteiger partial charge is 0.333 e. The third kappa shape index (κ3) is 5.43.